The lowest BCUT2D eigenvalue weighted by molar-refractivity contribution is 0.313. The molecule has 3 nitrogen and oxygen atoms in total. The molecule has 1 aromatic rings. The molecule has 0 amide bonds. The zero-order valence-corrected chi connectivity index (χ0v) is 12.1. The fourth-order valence-corrected chi connectivity index (χ4v) is 2.68. The Balaban J connectivity index is 2.11. The number of epoxide rings is 1. The van der Waals surface area contributed by atoms with Gasteiger partial charge in [-0.25, -0.2) is 0 Å². The molecule has 0 aromatic heterocycles. The van der Waals surface area contributed by atoms with Crippen LogP contribution in [0.2, 0.25) is 0 Å². The van der Waals surface area contributed by atoms with Crippen LogP contribution in [0.5, 0.6) is 11.5 Å². The first-order valence-electron chi connectivity index (χ1n) is 7.31. The molecule has 19 heavy (non-hydrogen) atoms. The first-order valence-corrected chi connectivity index (χ1v) is 7.31. The highest BCUT2D eigenvalue weighted by molar-refractivity contribution is 5.47. The van der Waals surface area contributed by atoms with Gasteiger partial charge in [0.25, 0.3) is 0 Å². The van der Waals surface area contributed by atoms with Gasteiger partial charge in [-0.15, -0.1) is 0 Å². The van der Waals surface area contributed by atoms with E-state index in [1.807, 2.05) is 25.1 Å². The number of ether oxygens (including phenoxy) is 2. The van der Waals surface area contributed by atoms with Crippen molar-refractivity contribution in [3.63, 3.8) is 0 Å². The van der Waals surface area contributed by atoms with Gasteiger partial charge in [0.05, 0.1) is 18.8 Å². The van der Waals surface area contributed by atoms with E-state index in [9.17, 15) is 5.11 Å². The fraction of sp³-hybridized carbons (Fsp3) is 0.625. The topological polar surface area (TPSA) is 42.0 Å². The predicted molar refractivity (Wildman–Crippen MR) is 75.9 cm³/mol. The molecule has 0 spiro atoms. The summed E-state index contributed by atoms with van der Waals surface area (Å²) in [5, 5.41) is 10.3. The first kappa shape index (κ1) is 14.2. The number of benzene rings is 1. The molecule has 1 N–H and O–H groups in total. The van der Waals surface area contributed by atoms with E-state index in [1.165, 1.54) is 0 Å². The van der Waals surface area contributed by atoms with Gasteiger partial charge >= 0.3 is 0 Å². The molecule has 0 aliphatic carbocycles. The number of para-hydroxylation sites is 1. The molecule has 2 rings (SSSR count). The maximum atomic E-state index is 10.3. The van der Waals surface area contributed by atoms with Gasteiger partial charge < -0.3 is 14.6 Å². The summed E-state index contributed by atoms with van der Waals surface area (Å²) in [5.41, 5.74) is 0.985. The van der Waals surface area contributed by atoms with Crippen molar-refractivity contribution in [1.82, 2.24) is 0 Å². The van der Waals surface area contributed by atoms with Crippen LogP contribution in [-0.4, -0.2) is 23.9 Å². The van der Waals surface area contributed by atoms with Crippen LogP contribution >= 0.6 is 0 Å². The molecular weight excluding hydrogens is 240 g/mol. The molecule has 106 valence electrons. The number of aromatic hydroxyl groups is 1. The molecule has 1 fully saturated rings. The quantitative estimate of drug-likeness (QED) is 0.760. The van der Waals surface area contributed by atoms with Crippen molar-refractivity contribution in [3.05, 3.63) is 23.8 Å². The smallest absolute Gasteiger partial charge is 0.161 e. The van der Waals surface area contributed by atoms with Gasteiger partial charge in [0.2, 0.25) is 0 Å². The summed E-state index contributed by atoms with van der Waals surface area (Å²) in [4.78, 5) is 0. The monoisotopic (exact) mass is 264 g/mol. The molecule has 1 heterocycles. The SMILES string of the molecule is CCOc1cccc(C(CC)CC2OC2CC)c1O. The fourth-order valence-electron chi connectivity index (χ4n) is 2.68. The Hall–Kier alpha value is -1.22. The lowest BCUT2D eigenvalue weighted by Crippen LogP contribution is -2.05. The maximum absolute atomic E-state index is 10.3. The Labute approximate surface area is 115 Å². The van der Waals surface area contributed by atoms with E-state index in [1.54, 1.807) is 0 Å². The number of hydrogen-bond donors (Lipinski definition) is 1. The third-order valence-corrected chi connectivity index (χ3v) is 3.87. The van der Waals surface area contributed by atoms with Gasteiger partial charge in [0, 0.05) is 5.56 Å². The van der Waals surface area contributed by atoms with Crippen LogP contribution in [0.1, 0.15) is 51.5 Å². The highest BCUT2D eigenvalue weighted by atomic mass is 16.6. The largest absolute Gasteiger partial charge is 0.504 e. The number of rotatable bonds is 7. The predicted octanol–water partition coefficient (Wildman–Crippen LogP) is 3.85. The van der Waals surface area contributed by atoms with Gasteiger partial charge in [-0.1, -0.05) is 26.0 Å². The normalized spacial score (nSPS) is 23.1. The minimum absolute atomic E-state index is 0.296. The van der Waals surface area contributed by atoms with Gasteiger partial charge in [-0.2, -0.15) is 0 Å². The summed E-state index contributed by atoms with van der Waals surface area (Å²) in [5.74, 6) is 1.22. The molecular formula is C16H24O3. The zero-order valence-electron chi connectivity index (χ0n) is 12.1. The highest BCUT2D eigenvalue weighted by Crippen LogP contribution is 2.41. The Morgan fingerprint density at radius 2 is 2.05 bits per heavy atom. The van der Waals surface area contributed by atoms with Gasteiger partial charge in [0.15, 0.2) is 11.5 Å². The van der Waals surface area contributed by atoms with E-state index in [4.69, 9.17) is 9.47 Å². The average Bonchev–Trinajstić information content (AvgIpc) is 3.17. The molecule has 0 radical (unpaired) electrons. The molecule has 1 saturated heterocycles. The van der Waals surface area contributed by atoms with E-state index >= 15 is 0 Å². The van der Waals surface area contributed by atoms with E-state index < -0.39 is 0 Å². The number of phenols is 1. The molecule has 0 bridgehead atoms. The van der Waals surface area contributed by atoms with Gasteiger partial charge in [-0.3, -0.25) is 0 Å². The lowest BCUT2D eigenvalue weighted by Gasteiger charge is -2.17. The Morgan fingerprint density at radius 3 is 2.63 bits per heavy atom. The van der Waals surface area contributed by atoms with E-state index in [0.29, 0.717) is 36.2 Å². The van der Waals surface area contributed by atoms with Crippen molar-refractivity contribution in [2.75, 3.05) is 6.61 Å². The Kier molecular flexibility index (Phi) is 4.70. The second-order valence-corrected chi connectivity index (χ2v) is 5.09. The first-order chi connectivity index (χ1) is 9.21. The summed E-state index contributed by atoms with van der Waals surface area (Å²) in [6.07, 6.45) is 3.85. The molecule has 1 aliphatic rings. The van der Waals surface area contributed by atoms with Crippen LogP contribution in [0, 0.1) is 0 Å². The second-order valence-electron chi connectivity index (χ2n) is 5.09. The van der Waals surface area contributed by atoms with Crippen LogP contribution in [0.25, 0.3) is 0 Å². The molecule has 3 heteroatoms. The van der Waals surface area contributed by atoms with Crippen LogP contribution in [0.3, 0.4) is 0 Å². The summed E-state index contributed by atoms with van der Waals surface area (Å²) in [7, 11) is 0. The van der Waals surface area contributed by atoms with Crippen molar-refractivity contribution in [3.8, 4) is 11.5 Å². The van der Waals surface area contributed by atoms with Crippen LogP contribution in [-0.2, 0) is 4.74 Å². The van der Waals surface area contributed by atoms with Gasteiger partial charge in [0.1, 0.15) is 0 Å². The minimum Gasteiger partial charge on any atom is -0.504 e. The molecule has 1 aliphatic heterocycles. The van der Waals surface area contributed by atoms with Crippen LogP contribution in [0.4, 0.5) is 0 Å². The summed E-state index contributed by atoms with van der Waals surface area (Å²) >= 11 is 0. The van der Waals surface area contributed by atoms with Crippen molar-refractivity contribution in [2.24, 2.45) is 0 Å². The minimum atomic E-state index is 0.296. The highest BCUT2D eigenvalue weighted by Gasteiger charge is 2.38. The third-order valence-electron chi connectivity index (χ3n) is 3.87. The summed E-state index contributed by atoms with van der Waals surface area (Å²) in [6.45, 7) is 6.80. The Morgan fingerprint density at radius 1 is 1.26 bits per heavy atom. The zero-order chi connectivity index (χ0) is 13.8. The van der Waals surface area contributed by atoms with Crippen molar-refractivity contribution < 1.29 is 14.6 Å². The molecule has 3 atom stereocenters. The Bertz CT molecular complexity index is 416. The van der Waals surface area contributed by atoms with E-state index in [-0.39, 0.29) is 0 Å². The maximum Gasteiger partial charge on any atom is 0.161 e. The number of phenolic OH excluding ortho intramolecular Hbond substituents is 1. The third kappa shape index (κ3) is 3.21. The van der Waals surface area contributed by atoms with Gasteiger partial charge in [-0.05, 0) is 38.2 Å². The average molecular weight is 264 g/mol. The molecule has 0 saturated carbocycles. The van der Waals surface area contributed by atoms with E-state index in [2.05, 4.69) is 13.8 Å². The van der Waals surface area contributed by atoms with E-state index in [0.717, 1.165) is 24.8 Å². The number of hydrogen-bond acceptors (Lipinski definition) is 3. The van der Waals surface area contributed by atoms with Crippen molar-refractivity contribution in [1.29, 1.82) is 0 Å². The second kappa shape index (κ2) is 6.29. The molecule has 1 aromatic carbocycles. The molecule has 3 unspecified atom stereocenters. The standard InChI is InChI=1S/C16H24O3/c1-4-11(10-15-13(5-2)19-15)12-8-7-9-14(16(12)17)18-6-3/h7-9,11,13,15,17H,4-6,10H2,1-3H3. The van der Waals surface area contributed by atoms with Crippen LogP contribution in [0.15, 0.2) is 18.2 Å². The lowest BCUT2D eigenvalue weighted by atomic mass is 9.90. The summed E-state index contributed by atoms with van der Waals surface area (Å²) in [6, 6.07) is 5.76. The summed E-state index contributed by atoms with van der Waals surface area (Å²) < 4.78 is 11.1. The van der Waals surface area contributed by atoms with Crippen LogP contribution < -0.4 is 4.74 Å². The van der Waals surface area contributed by atoms with Crippen molar-refractivity contribution >= 4 is 0 Å². The van der Waals surface area contributed by atoms with Crippen molar-refractivity contribution in [2.45, 2.75) is 58.2 Å².